The molecule has 1 aliphatic rings. The van der Waals surface area contributed by atoms with Crippen molar-refractivity contribution in [2.45, 2.75) is 12.8 Å². The summed E-state index contributed by atoms with van der Waals surface area (Å²) >= 11 is 6.16. The van der Waals surface area contributed by atoms with Crippen molar-refractivity contribution in [2.24, 2.45) is 11.7 Å². The molecule has 2 aromatic rings. The van der Waals surface area contributed by atoms with Crippen LogP contribution in [0, 0.1) is 5.92 Å². The number of benzene rings is 1. The lowest BCUT2D eigenvalue weighted by molar-refractivity contribution is 0.0647. The smallest absolute Gasteiger partial charge is 0.289 e. The van der Waals surface area contributed by atoms with Crippen LogP contribution in [0.2, 0.25) is 5.02 Å². The van der Waals surface area contributed by atoms with Gasteiger partial charge in [0.05, 0.1) is 5.02 Å². The van der Waals surface area contributed by atoms with E-state index in [1.165, 1.54) is 0 Å². The van der Waals surface area contributed by atoms with E-state index in [0.717, 1.165) is 24.9 Å². The summed E-state index contributed by atoms with van der Waals surface area (Å²) in [6.45, 7) is 2.09. The van der Waals surface area contributed by atoms with Crippen LogP contribution in [-0.4, -0.2) is 30.4 Å². The molecule has 0 aliphatic carbocycles. The number of furan rings is 1. The summed E-state index contributed by atoms with van der Waals surface area (Å²) in [6.07, 6.45) is 2.08. The van der Waals surface area contributed by atoms with E-state index in [1.54, 1.807) is 18.2 Å². The molecule has 4 nitrogen and oxygen atoms in total. The van der Waals surface area contributed by atoms with E-state index in [1.807, 2.05) is 23.1 Å². The Morgan fingerprint density at radius 1 is 1.32 bits per heavy atom. The number of hydrogen-bond donors (Lipinski definition) is 1. The molecule has 3 rings (SSSR count). The fraction of sp³-hybridized carbons (Fsp3) is 0.353. The summed E-state index contributed by atoms with van der Waals surface area (Å²) in [5.74, 6) is 1.28. The molecule has 0 bridgehead atoms. The molecule has 1 saturated heterocycles. The van der Waals surface area contributed by atoms with Crippen molar-refractivity contribution in [1.82, 2.24) is 4.90 Å². The number of amides is 1. The Hall–Kier alpha value is -1.78. The second-order valence-electron chi connectivity index (χ2n) is 5.64. The predicted octanol–water partition coefficient (Wildman–Crippen LogP) is 3.41. The van der Waals surface area contributed by atoms with Crippen molar-refractivity contribution in [2.75, 3.05) is 19.6 Å². The highest BCUT2D eigenvalue weighted by Crippen LogP contribution is 2.29. The van der Waals surface area contributed by atoms with Gasteiger partial charge in [-0.25, -0.2) is 0 Å². The van der Waals surface area contributed by atoms with Crippen LogP contribution in [0.3, 0.4) is 0 Å². The topological polar surface area (TPSA) is 59.5 Å². The first-order valence-corrected chi connectivity index (χ1v) is 7.91. The maximum atomic E-state index is 12.5. The van der Waals surface area contributed by atoms with Crippen LogP contribution in [-0.2, 0) is 0 Å². The lowest BCUT2D eigenvalue weighted by Crippen LogP contribution is -2.41. The Bertz CT molecular complexity index is 668. The fourth-order valence-corrected chi connectivity index (χ4v) is 3.09. The van der Waals surface area contributed by atoms with Gasteiger partial charge in [0, 0.05) is 18.7 Å². The van der Waals surface area contributed by atoms with Gasteiger partial charge in [0.15, 0.2) is 5.76 Å². The first-order chi connectivity index (χ1) is 10.7. The molecule has 1 fully saturated rings. The van der Waals surface area contributed by atoms with E-state index in [0.29, 0.717) is 35.6 Å². The quantitative estimate of drug-likeness (QED) is 0.943. The Kier molecular flexibility index (Phi) is 4.50. The third kappa shape index (κ3) is 3.03. The number of halogens is 1. The third-order valence-electron chi connectivity index (χ3n) is 4.10. The molecule has 2 heterocycles. The Morgan fingerprint density at radius 3 is 2.91 bits per heavy atom. The molecule has 1 atom stereocenters. The summed E-state index contributed by atoms with van der Waals surface area (Å²) in [4.78, 5) is 14.4. The van der Waals surface area contributed by atoms with E-state index in [2.05, 4.69) is 0 Å². The molecule has 1 unspecified atom stereocenters. The van der Waals surface area contributed by atoms with Gasteiger partial charge < -0.3 is 15.1 Å². The van der Waals surface area contributed by atoms with E-state index in [4.69, 9.17) is 21.8 Å². The number of carbonyl (C=O) groups is 1. The molecule has 0 spiro atoms. The minimum Gasteiger partial charge on any atom is -0.451 e. The van der Waals surface area contributed by atoms with Gasteiger partial charge in [-0.15, -0.1) is 0 Å². The van der Waals surface area contributed by atoms with Crippen LogP contribution in [0.15, 0.2) is 40.8 Å². The number of hydrogen-bond acceptors (Lipinski definition) is 3. The molecule has 2 N–H and O–H groups in total. The number of likely N-dealkylation sites (tertiary alicyclic amines) is 1. The van der Waals surface area contributed by atoms with Gasteiger partial charge in [-0.1, -0.05) is 23.7 Å². The second-order valence-corrected chi connectivity index (χ2v) is 6.05. The monoisotopic (exact) mass is 318 g/mol. The minimum absolute atomic E-state index is 0.0727. The van der Waals surface area contributed by atoms with E-state index >= 15 is 0 Å². The summed E-state index contributed by atoms with van der Waals surface area (Å²) in [7, 11) is 0. The molecule has 1 aromatic carbocycles. The highest BCUT2D eigenvalue weighted by Gasteiger charge is 2.25. The van der Waals surface area contributed by atoms with Crippen molar-refractivity contribution in [3.8, 4) is 11.3 Å². The van der Waals surface area contributed by atoms with Gasteiger partial charge in [-0.2, -0.15) is 0 Å². The number of piperidine rings is 1. The zero-order chi connectivity index (χ0) is 15.5. The Morgan fingerprint density at radius 2 is 2.14 bits per heavy atom. The lowest BCUT2D eigenvalue weighted by atomic mass is 9.98. The number of carbonyl (C=O) groups excluding carboxylic acids is 1. The molecule has 116 valence electrons. The zero-order valence-corrected chi connectivity index (χ0v) is 13.1. The van der Waals surface area contributed by atoms with Crippen LogP contribution in [0.4, 0.5) is 0 Å². The Labute approximate surface area is 134 Å². The van der Waals surface area contributed by atoms with Crippen LogP contribution < -0.4 is 5.73 Å². The van der Waals surface area contributed by atoms with Gasteiger partial charge in [-0.05, 0) is 49.6 Å². The normalized spacial score (nSPS) is 18.5. The Balaban J connectivity index is 1.79. The third-order valence-corrected chi connectivity index (χ3v) is 4.43. The van der Waals surface area contributed by atoms with Crippen molar-refractivity contribution in [1.29, 1.82) is 0 Å². The molecule has 1 aliphatic heterocycles. The first kappa shape index (κ1) is 15.1. The highest BCUT2D eigenvalue weighted by atomic mass is 35.5. The fourth-order valence-electron chi connectivity index (χ4n) is 2.86. The largest absolute Gasteiger partial charge is 0.451 e. The van der Waals surface area contributed by atoms with Crippen molar-refractivity contribution < 1.29 is 9.21 Å². The molecule has 22 heavy (non-hydrogen) atoms. The maximum Gasteiger partial charge on any atom is 0.289 e. The van der Waals surface area contributed by atoms with Gasteiger partial charge >= 0.3 is 0 Å². The van der Waals surface area contributed by atoms with E-state index in [9.17, 15) is 4.79 Å². The second kappa shape index (κ2) is 6.55. The van der Waals surface area contributed by atoms with Crippen LogP contribution in [0.1, 0.15) is 23.4 Å². The van der Waals surface area contributed by atoms with Crippen molar-refractivity contribution >= 4 is 17.5 Å². The molecule has 0 saturated carbocycles. The van der Waals surface area contributed by atoms with E-state index < -0.39 is 0 Å². The summed E-state index contributed by atoms with van der Waals surface area (Å²) in [5, 5.41) is 0.608. The molecule has 1 aromatic heterocycles. The van der Waals surface area contributed by atoms with Crippen LogP contribution in [0.5, 0.6) is 0 Å². The van der Waals surface area contributed by atoms with Gasteiger partial charge in [0.2, 0.25) is 0 Å². The molecular formula is C17H19ClN2O2. The number of rotatable bonds is 3. The van der Waals surface area contributed by atoms with Crippen LogP contribution in [0.25, 0.3) is 11.3 Å². The summed E-state index contributed by atoms with van der Waals surface area (Å²) < 4.78 is 5.73. The minimum atomic E-state index is -0.0727. The first-order valence-electron chi connectivity index (χ1n) is 7.53. The van der Waals surface area contributed by atoms with Gasteiger partial charge in [0.1, 0.15) is 5.76 Å². The van der Waals surface area contributed by atoms with Crippen molar-refractivity contribution in [3.05, 3.63) is 47.2 Å². The number of nitrogens with zero attached hydrogens (tertiary/aromatic N) is 1. The van der Waals surface area contributed by atoms with E-state index in [-0.39, 0.29) is 5.91 Å². The molecule has 1 amide bonds. The van der Waals surface area contributed by atoms with Crippen molar-refractivity contribution in [3.63, 3.8) is 0 Å². The average molecular weight is 319 g/mol. The summed E-state index contributed by atoms with van der Waals surface area (Å²) in [5.41, 5.74) is 6.52. The SMILES string of the molecule is NCC1CCCN(C(=O)c2ccc(-c3ccccc3Cl)o2)C1. The van der Waals surface area contributed by atoms with Gasteiger partial charge in [-0.3, -0.25) is 4.79 Å². The molecular weight excluding hydrogens is 300 g/mol. The average Bonchev–Trinajstić information content (AvgIpc) is 3.04. The highest BCUT2D eigenvalue weighted by molar-refractivity contribution is 6.33. The summed E-state index contributed by atoms with van der Waals surface area (Å²) in [6, 6.07) is 10.9. The van der Waals surface area contributed by atoms with Gasteiger partial charge in [0.25, 0.3) is 5.91 Å². The predicted molar refractivity (Wildman–Crippen MR) is 86.8 cm³/mol. The lowest BCUT2D eigenvalue weighted by Gasteiger charge is -2.31. The van der Waals surface area contributed by atoms with Crippen LogP contribution >= 0.6 is 11.6 Å². The number of nitrogens with two attached hydrogens (primary N) is 1. The molecule has 5 heteroatoms. The standard InChI is InChI=1S/C17H19ClN2O2/c18-14-6-2-1-5-13(14)15-7-8-16(22-15)17(21)20-9-3-4-12(10-19)11-20/h1-2,5-8,12H,3-4,9-11,19H2. The molecule has 0 radical (unpaired) electrons. The maximum absolute atomic E-state index is 12.5. The zero-order valence-electron chi connectivity index (χ0n) is 12.3.